The molecule has 0 amide bonds. The minimum atomic E-state index is 0.223. The van der Waals surface area contributed by atoms with E-state index in [1.54, 1.807) is 0 Å². The van der Waals surface area contributed by atoms with Crippen LogP contribution in [-0.2, 0) is 14.2 Å². The second-order valence-electron chi connectivity index (χ2n) is 8.05. The Morgan fingerprint density at radius 2 is 1.70 bits per heavy atom. The van der Waals surface area contributed by atoms with Gasteiger partial charge < -0.3 is 14.2 Å². The lowest BCUT2D eigenvalue weighted by Crippen LogP contribution is -2.43. The van der Waals surface area contributed by atoms with Gasteiger partial charge in [-0.2, -0.15) is 0 Å². The Balaban J connectivity index is 0.000000185. The van der Waals surface area contributed by atoms with Crippen LogP contribution in [-0.4, -0.2) is 37.6 Å². The average Bonchev–Trinajstić information content (AvgIpc) is 2.91. The monoisotopic (exact) mass is 324 g/mol. The van der Waals surface area contributed by atoms with Crippen LogP contribution >= 0.6 is 0 Å². The number of ether oxygens (including phenoxy) is 3. The summed E-state index contributed by atoms with van der Waals surface area (Å²) in [5, 5.41) is 0. The molecule has 0 aromatic carbocycles. The molecule has 23 heavy (non-hydrogen) atoms. The molecule has 0 aliphatic carbocycles. The molecule has 0 bridgehead atoms. The second kappa shape index (κ2) is 8.64. The molecule has 5 unspecified atom stereocenters. The summed E-state index contributed by atoms with van der Waals surface area (Å²) in [6.07, 6.45) is 6.41. The van der Waals surface area contributed by atoms with E-state index in [1.807, 2.05) is 0 Å². The summed E-state index contributed by atoms with van der Waals surface area (Å²) >= 11 is 0. The first-order chi connectivity index (χ1) is 10.9. The first-order valence-corrected chi connectivity index (χ1v) is 9.46. The summed E-state index contributed by atoms with van der Waals surface area (Å²) in [6, 6.07) is 0. The molecule has 3 heteroatoms. The Labute approximate surface area is 142 Å². The highest BCUT2D eigenvalue weighted by atomic mass is 16.6. The molecule has 3 rings (SSSR count). The van der Waals surface area contributed by atoms with E-state index in [9.17, 15) is 0 Å². The fourth-order valence-electron chi connectivity index (χ4n) is 3.80. The Morgan fingerprint density at radius 1 is 1.00 bits per heavy atom. The summed E-state index contributed by atoms with van der Waals surface area (Å²) in [5.41, 5.74) is 1.26. The maximum Gasteiger partial charge on any atom is 0.0905 e. The highest BCUT2D eigenvalue weighted by Gasteiger charge is 2.42. The van der Waals surface area contributed by atoms with Crippen molar-refractivity contribution in [3.8, 4) is 0 Å². The molecule has 3 aliphatic rings. The molecule has 0 saturated carbocycles. The minimum Gasteiger partial charge on any atom is -0.378 e. The number of fused-ring (bicyclic) bond motifs is 1. The fourth-order valence-corrected chi connectivity index (χ4v) is 3.80. The molecule has 3 heterocycles. The zero-order valence-electron chi connectivity index (χ0n) is 15.7. The maximum absolute atomic E-state index is 5.94. The van der Waals surface area contributed by atoms with Crippen molar-refractivity contribution < 1.29 is 14.2 Å². The number of hydrogen-bond acceptors (Lipinski definition) is 3. The van der Waals surface area contributed by atoms with Gasteiger partial charge in [0, 0.05) is 12.5 Å². The van der Waals surface area contributed by atoms with Crippen molar-refractivity contribution in [1.29, 1.82) is 0 Å². The predicted molar refractivity (Wildman–Crippen MR) is 94.6 cm³/mol. The molecular formula is C20H36O3. The van der Waals surface area contributed by atoms with E-state index >= 15 is 0 Å². The Bertz CT molecular complexity index is 371. The number of rotatable bonds is 2. The van der Waals surface area contributed by atoms with Crippen molar-refractivity contribution in [2.75, 3.05) is 13.2 Å². The first kappa shape index (κ1) is 19.0. The Kier molecular flexibility index (Phi) is 7.12. The molecule has 3 aliphatic heterocycles. The Hall–Kier alpha value is -0.380. The second-order valence-corrected chi connectivity index (χ2v) is 8.05. The summed E-state index contributed by atoms with van der Waals surface area (Å²) in [6.45, 7) is 16.8. The quantitative estimate of drug-likeness (QED) is 0.695. The van der Waals surface area contributed by atoms with Crippen LogP contribution in [0.1, 0.15) is 60.3 Å². The third-order valence-electron chi connectivity index (χ3n) is 5.42. The highest BCUT2D eigenvalue weighted by Crippen LogP contribution is 2.38. The van der Waals surface area contributed by atoms with Crippen LogP contribution in [0.25, 0.3) is 0 Å². The summed E-state index contributed by atoms with van der Waals surface area (Å²) in [5.74, 6) is 1.84. The van der Waals surface area contributed by atoms with Gasteiger partial charge in [0.15, 0.2) is 0 Å². The third-order valence-corrected chi connectivity index (χ3v) is 5.42. The lowest BCUT2D eigenvalue weighted by molar-refractivity contribution is -0.138. The molecule has 134 valence electrons. The van der Waals surface area contributed by atoms with Crippen LogP contribution in [0.2, 0.25) is 0 Å². The lowest BCUT2D eigenvalue weighted by atomic mass is 9.83. The molecule has 5 atom stereocenters. The summed E-state index contributed by atoms with van der Waals surface area (Å²) < 4.78 is 17.2. The van der Waals surface area contributed by atoms with Gasteiger partial charge in [0.05, 0.1) is 31.0 Å². The molecule has 3 fully saturated rings. The zero-order chi connectivity index (χ0) is 17.0. The molecular weight excluding hydrogens is 288 g/mol. The largest absolute Gasteiger partial charge is 0.378 e. The van der Waals surface area contributed by atoms with Crippen LogP contribution in [0.3, 0.4) is 0 Å². The average molecular weight is 325 g/mol. The van der Waals surface area contributed by atoms with E-state index in [0.29, 0.717) is 30.0 Å². The van der Waals surface area contributed by atoms with Gasteiger partial charge in [0.25, 0.3) is 0 Å². The fraction of sp³-hybridized carbons (Fsp3) is 0.900. The van der Waals surface area contributed by atoms with Crippen LogP contribution in [0.5, 0.6) is 0 Å². The standard InChI is InChI=1S/C12H20O2.C8H16O/c1-7(2)11-5-10-8(3)6-13-12(10)9(4)14-11;1-7(2)8-5-3-4-6-9-8/h7,9-12H,3,5-6H2,1-2,4H3;7-8H,3-6H2,1-2H3. The van der Waals surface area contributed by atoms with Crippen molar-refractivity contribution in [2.45, 2.75) is 84.7 Å². The smallest absolute Gasteiger partial charge is 0.0905 e. The predicted octanol–water partition coefficient (Wildman–Crippen LogP) is 4.60. The van der Waals surface area contributed by atoms with Crippen molar-refractivity contribution in [3.63, 3.8) is 0 Å². The molecule has 0 aromatic heterocycles. The summed E-state index contributed by atoms with van der Waals surface area (Å²) in [7, 11) is 0. The van der Waals surface area contributed by atoms with Gasteiger partial charge in [-0.15, -0.1) is 0 Å². The van der Waals surface area contributed by atoms with Crippen LogP contribution < -0.4 is 0 Å². The molecule has 0 aromatic rings. The Morgan fingerprint density at radius 3 is 2.22 bits per heavy atom. The minimum absolute atomic E-state index is 0.223. The number of hydrogen-bond donors (Lipinski definition) is 0. The van der Waals surface area contributed by atoms with Crippen LogP contribution in [0.15, 0.2) is 12.2 Å². The SMILES string of the molecule is C=C1COC2C(C)OC(C(C)C)CC12.CC(C)C1CCCCO1. The van der Waals surface area contributed by atoms with Gasteiger partial charge in [-0.1, -0.05) is 34.3 Å². The van der Waals surface area contributed by atoms with E-state index in [2.05, 4.69) is 41.2 Å². The molecule has 3 saturated heterocycles. The van der Waals surface area contributed by atoms with E-state index < -0.39 is 0 Å². The van der Waals surface area contributed by atoms with Gasteiger partial charge in [-0.05, 0) is 50.0 Å². The van der Waals surface area contributed by atoms with Crippen molar-refractivity contribution in [2.24, 2.45) is 17.8 Å². The molecule has 0 spiro atoms. The summed E-state index contributed by atoms with van der Waals surface area (Å²) in [4.78, 5) is 0. The van der Waals surface area contributed by atoms with Gasteiger partial charge >= 0.3 is 0 Å². The van der Waals surface area contributed by atoms with Crippen molar-refractivity contribution in [3.05, 3.63) is 12.2 Å². The normalized spacial score (nSPS) is 37.5. The molecule has 3 nitrogen and oxygen atoms in total. The van der Waals surface area contributed by atoms with Crippen LogP contribution in [0, 0.1) is 17.8 Å². The van der Waals surface area contributed by atoms with Gasteiger partial charge in [0.1, 0.15) is 0 Å². The van der Waals surface area contributed by atoms with E-state index in [-0.39, 0.29) is 12.2 Å². The van der Waals surface area contributed by atoms with E-state index in [0.717, 1.165) is 19.6 Å². The van der Waals surface area contributed by atoms with Gasteiger partial charge in [-0.25, -0.2) is 0 Å². The van der Waals surface area contributed by atoms with E-state index in [1.165, 1.54) is 24.8 Å². The molecule has 0 radical (unpaired) electrons. The zero-order valence-corrected chi connectivity index (χ0v) is 15.7. The van der Waals surface area contributed by atoms with Crippen molar-refractivity contribution in [1.82, 2.24) is 0 Å². The third kappa shape index (κ3) is 5.04. The topological polar surface area (TPSA) is 27.7 Å². The van der Waals surface area contributed by atoms with Gasteiger partial charge in [0.2, 0.25) is 0 Å². The van der Waals surface area contributed by atoms with Crippen LogP contribution in [0.4, 0.5) is 0 Å². The molecule has 0 N–H and O–H groups in total. The van der Waals surface area contributed by atoms with Gasteiger partial charge in [-0.3, -0.25) is 0 Å². The first-order valence-electron chi connectivity index (χ1n) is 9.46. The lowest BCUT2D eigenvalue weighted by Gasteiger charge is -2.38. The highest BCUT2D eigenvalue weighted by molar-refractivity contribution is 5.12. The maximum atomic E-state index is 5.94. The van der Waals surface area contributed by atoms with Crippen molar-refractivity contribution >= 4 is 0 Å². The van der Waals surface area contributed by atoms with E-state index in [4.69, 9.17) is 14.2 Å².